The molecule has 1 saturated carbocycles. The van der Waals surface area contributed by atoms with Crippen LogP contribution in [0.15, 0.2) is 24.3 Å². The molecule has 2 unspecified atom stereocenters. The third-order valence-electron chi connectivity index (χ3n) is 4.91. The standard InChI is InChI=1S/C19H29NO2.ClH/c1-14-8-10-17(11-9-14)19(22)15(2)20-13-12-18(21)16-6-4-3-5-7-16;/h8-11,15-16,19-20,22H,3-7,12-13H2,1-2H3;1H. The quantitative estimate of drug-likeness (QED) is 0.705. The Labute approximate surface area is 146 Å². The molecule has 3 nitrogen and oxygen atoms in total. The van der Waals surface area contributed by atoms with Crippen molar-refractivity contribution < 1.29 is 27.6 Å². The number of benzene rings is 1. The van der Waals surface area contributed by atoms with Crippen molar-refractivity contribution in [3.8, 4) is 0 Å². The van der Waals surface area contributed by atoms with E-state index in [0.29, 0.717) is 18.1 Å². The molecule has 2 atom stereocenters. The van der Waals surface area contributed by atoms with Crippen LogP contribution in [0.4, 0.5) is 0 Å². The zero-order chi connectivity index (χ0) is 15.9. The van der Waals surface area contributed by atoms with E-state index in [4.69, 9.17) is 0 Å². The van der Waals surface area contributed by atoms with Crippen LogP contribution in [-0.4, -0.2) is 23.5 Å². The fourth-order valence-corrected chi connectivity index (χ4v) is 3.31. The Bertz CT molecular complexity index is 469. The Balaban J connectivity index is 0.00000264. The summed E-state index contributed by atoms with van der Waals surface area (Å²) in [6.45, 7) is 4.84. The van der Waals surface area contributed by atoms with Crippen LogP contribution in [0.2, 0.25) is 0 Å². The predicted octanol–water partition coefficient (Wildman–Crippen LogP) is -0.476. The Morgan fingerprint density at radius 2 is 1.83 bits per heavy atom. The number of quaternary nitrogens is 1. The van der Waals surface area contributed by atoms with Gasteiger partial charge in [-0.15, -0.1) is 0 Å². The molecule has 0 saturated heterocycles. The van der Waals surface area contributed by atoms with Gasteiger partial charge in [-0.2, -0.15) is 0 Å². The summed E-state index contributed by atoms with van der Waals surface area (Å²) >= 11 is 0. The third-order valence-corrected chi connectivity index (χ3v) is 4.91. The minimum Gasteiger partial charge on any atom is -1.00 e. The van der Waals surface area contributed by atoms with Crippen molar-refractivity contribution >= 4 is 5.78 Å². The number of Topliss-reactive ketones (excluding diaryl/α,β-unsaturated/α-hetero) is 1. The summed E-state index contributed by atoms with van der Waals surface area (Å²) in [5.74, 6) is 0.729. The van der Waals surface area contributed by atoms with E-state index in [2.05, 4.69) is 5.32 Å². The predicted molar refractivity (Wildman–Crippen MR) is 88.6 cm³/mol. The summed E-state index contributed by atoms with van der Waals surface area (Å²) in [4.78, 5) is 12.2. The number of carbonyl (C=O) groups is 1. The number of nitrogens with two attached hydrogens (primary N) is 1. The van der Waals surface area contributed by atoms with Gasteiger partial charge in [-0.1, -0.05) is 49.1 Å². The fraction of sp³-hybridized carbons (Fsp3) is 0.632. The first-order valence-corrected chi connectivity index (χ1v) is 8.68. The number of hydrogen-bond donors (Lipinski definition) is 2. The van der Waals surface area contributed by atoms with Gasteiger partial charge in [0.15, 0.2) is 0 Å². The minimum absolute atomic E-state index is 0. The number of aryl methyl sites for hydroxylation is 1. The summed E-state index contributed by atoms with van der Waals surface area (Å²) < 4.78 is 0. The van der Waals surface area contributed by atoms with Crippen molar-refractivity contribution in [3.05, 3.63) is 35.4 Å². The van der Waals surface area contributed by atoms with E-state index in [0.717, 1.165) is 24.9 Å². The van der Waals surface area contributed by atoms with Gasteiger partial charge in [0.25, 0.3) is 0 Å². The van der Waals surface area contributed by atoms with E-state index in [1.165, 1.54) is 24.8 Å². The van der Waals surface area contributed by atoms with Gasteiger partial charge in [0.05, 0.1) is 13.0 Å². The van der Waals surface area contributed by atoms with Crippen LogP contribution in [0.1, 0.15) is 62.7 Å². The van der Waals surface area contributed by atoms with Crippen molar-refractivity contribution in [2.75, 3.05) is 6.54 Å². The van der Waals surface area contributed by atoms with E-state index < -0.39 is 6.10 Å². The van der Waals surface area contributed by atoms with Gasteiger partial charge < -0.3 is 22.8 Å². The second-order valence-electron chi connectivity index (χ2n) is 6.79. The van der Waals surface area contributed by atoms with Gasteiger partial charge >= 0.3 is 0 Å². The molecule has 1 fully saturated rings. The number of carbonyl (C=O) groups excluding carboxylic acids is 1. The molecule has 1 aliphatic rings. The van der Waals surface area contributed by atoms with E-state index in [1.54, 1.807) is 0 Å². The number of aliphatic hydroxyl groups is 1. The highest BCUT2D eigenvalue weighted by atomic mass is 35.5. The van der Waals surface area contributed by atoms with Crippen LogP contribution < -0.4 is 17.7 Å². The van der Waals surface area contributed by atoms with Crippen LogP contribution in [0, 0.1) is 12.8 Å². The maximum Gasteiger partial charge on any atom is 0.141 e. The smallest absolute Gasteiger partial charge is 0.141 e. The first kappa shape index (κ1) is 20.1. The van der Waals surface area contributed by atoms with Crippen LogP contribution in [-0.2, 0) is 4.79 Å². The van der Waals surface area contributed by atoms with Gasteiger partial charge in [0.1, 0.15) is 17.9 Å². The van der Waals surface area contributed by atoms with Crippen molar-refractivity contribution in [1.29, 1.82) is 0 Å². The van der Waals surface area contributed by atoms with Crippen molar-refractivity contribution in [2.24, 2.45) is 5.92 Å². The average Bonchev–Trinajstić information content (AvgIpc) is 2.55. The number of rotatable bonds is 7. The Hall–Kier alpha value is -0.900. The fourth-order valence-electron chi connectivity index (χ4n) is 3.31. The number of hydrogen-bond acceptors (Lipinski definition) is 2. The number of halogens is 1. The number of ketones is 1. The van der Waals surface area contributed by atoms with E-state index in [9.17, 15) is 9.90 Å². The third kappa shape index (κ3) is 6.25. The second-order valence-corrected chi connectivity index (χ2v) is 6.79. The zero-order valence-corrected chi connectivity index (χ0v) is 15.1. The molecule has 0 heterocycles. The summed E-state index contributed by atoms with van der Waals surface area (Å²) in [7, 11) is 0. The highest BCUT2D eigenvalue weighted by Gasteiger charge is 2.23. The molecule has 0 bridgehead atoms. The maximum absolute atomic E-state index is 12.2. The SMILES string of the molecule is Cc1ccc(C(O)C(C)[NH2+]CCC(=O)C2CCCCC2)cc1.[Cl-]. The van der Waals surface area contributed by atoms with Gasteiger partial charge in [0, 0.05) is 5.92 Å². The molecule has 4 heteroatoms. The lowest BCUT2D eigenvalue weighted by atomic mass is 9.85. The Morgan fingerprint density at radius 1 is 1.22 bits per heavy atom. The monoisotopic (exact) mass is 339 g/mol. The number of aliphatic hydroxyl groups excluding tert-OH is 1. The molecular formula is C19H30ClNO2. The lowest BCUT2D eigenvalue weighted by molar-refractivity contribution is -0.693. The van der Waals surface area contributed by atoms with E-state index in [1.807, 2.05) is 38.1 Å². The normalized spacial score (nSPS) is 18.0. The van der Waals surface area contributed by atoms with Crippen LogP contribution in [0.5, 0.6) is 0 Å². The van der Waals surface area contributed by atoms with Gasteiger partial charge in [-0.3, -0.25) is 4.79 Å². The van der Waals surface area contributed by atoms with Crippen LogP contribution in [0.3, 0.4) is 0 Å². The van der Waals surface area contributed by atoms with Gasteiger partial charge in [-0.05, 0) is 32.3 Å². The minimum atomic E-state index is -0.481. The second kappa shape index (κ2) is 10.1. The molecule has 0 spiro atoms. The summed E-state index contributed by atoms with van der Waals surface area (Å²) in [5.41, 5.74) is 2.15. The molecule has 0 radical (unpaired) electrons. The van der Waals surface area contributed by atoms with Crippen molar-refractivity contribution in [2.45, 2.75) is 64.5 Å². The van der Waals surface area contributed by atoms with Crippen LogP contribution >= 0.6 is 0 Å². The summed E-state index contributed by atoms with van der Waals surface area (Å²) in [5, 5.41) is 12.5. The molecule has 1 aromatic carbocycles. The highest BCUT2D eigenvalue weighted by Crippen LogP contribution is 2.25. The molecule has 23 heavy (non-hydrogen) atoms. The molecule has 0 aliphatic heterocycles. The summed E-state index contributed by atoms with van der Waals surface area (Å²) in [6, 6.07) is 8.09. The first-order valence-electron chi connectivity index (χ1n) is 8.68. The Kier molecular flexibility index (Phi) is 8.82. The van der Waals surface area contributed by atoms with E-state index in [-0.39, 0.29) is 18.4 Å². The molecule has 1 aromatic rings. The first-order chi connectivity index (χ1) is 10.6. The lowest BCUT2D eigenvalue weighted by Gasteiger charge is -2.21. The van der Waals surface area contributed by atoms with Gasteiger partial charge in [-0.25, -0.2) is 0 Å². The molecule has 130 valence electrons. The zero-order valence-electron chi connectivity index (χ0n) is 14.3. The van der Waals surface area contributed by atoms with Crippen LogP contribution in [0.25, 0.3) is 0 Å². The topological polar surface area (TPSA) is 53.9 Å². The Morgan fingerprint density at radius 3 is 2.43 bits per heavy atom. The molecule has 1 aliphatic carbocycles. The highest BCUT2D eigenvalue weighted by molar-refractivity contribution is 5.81. The average molecular weight is 340 g/mol. The maximum atomic E-state index is 12.2. The largest absolute Gasteiger partial charge is 1.00 e. The molecular weight excluding hydrogens is 310 g/mol. The molecule has 3 N–H and O–H groups in total. The van der Waals surface area contributed by atoms with E-state index >= 15 is 0 Å². The summed E-state index contributed by atoms with van der Waals surface area (Å²) in [6.07, 6.45) is 6.03. The molecule has 2 rings (SSSR count). The van der Waals surface area contributed by atoms with Gasteiger partial charge in [0.2, 0.25) is 0 Å². The van der Waals surface area contributed by atoms with Crippen molar-refractivity contribution in [3.63, 3.8) is 0 Å². The lowest BCUT2D eigenvalue weighted by Crippen LogP contribution is -3.00. The molecule has 0 aromatic heterocycles. The van der Waals surface area contributed by atoms with Crippen molar-refractivity contribution in [1.82, 2.24) is 0 Å². The molecule has 0 amide bonds.